The Morgan fingerprint density at radius 3 is 2.86 bits per heavy atom. The van der Waals surface area contributed by atoms with E-state index in [2.05, 4.69) is 61.3 Å². The van der Waals surface area contributed by atoms with Crippen LogP contribution in [0.25, 0.3) is 0 Å². The molecule has 78 valence electrons. The quantitative estimate of drug-likeness (QED) is 0.340. The van der Waals surface area contributed by atoms with Crippen LogP contribution in [0.3, 0.4) is 0 Å². The van der Waals surface area contributed by atoms with Crippen LogP contribution in [0.2, 0.25) is 0 Å². The van der Waals surface area contributed by atoms with Crippen LogP contribution in [0, 0.1) is 3.77 Å². The van der Waals surface area contributed by atoms with E-state index in [0.29, 0.717) is 5.76 Å². The second-order valence-corrected chi connectivity index (χ2v) is 4.28. The number of furan rings is 1. The van der Waals surface area contributed by atoms with Crippen LogP contribution in [0.5, 0.6) is 0 Å². The molecule has 1 rings (SSSR count). The average Bonchev–Trinajstić information content (AvgIpc) is 2.30. The van der Waals surface area contributed by atoms with E-state index in [1.165, 1.54) is 6.21 Å². The van der Waals surface area contributed by atoms with Gasteiger partial charge in [-0.2, -0.15) is 5.10 Å². The van der Waals surface area contributed by atoms with E-state index in [-0.39, 0.29) is 17.5 Å². The molecular weight excluding hydrogens is 404 g/mol. The van der Waals surface area contributed by atoms with Gasteiger partial charge in [-0.05, 0) is 28.1 Å². The van der Waals surface area contributed by atoms with E-state index in [4.69, 9.17) is 10.2 Å². The molecule has 0 fully saturated rings. The number of halogens is 3. The lowest BCUT2D eigenvalue weighted by Crippen LogP contribution is -2.23. The fourth-order valence-corrected chi connectivity index (χ4v) is 1.36. The van der Waals surface area contributed by atoms with Gasteiger partial charge >= 0.3 is 0 Å². The third-order valence-corrected chi connectivity index (χ3v) is 3.25. The maximum absolute atomic E-state index is 5.26. The molecule has 0 bridgehead atoms. The molecule has 0 amide bonds. The molecule has 8 heteroatoms. The maximum Gasteiger partial charge on any atom is 0.184 e. The van der Waals surface area contributed by atoms with Crippen molar-refractivity contribution < 1.29 is 4.42 Å². The fourth-order valence-electron chi connectivity index (χ4n) is 0.586. The second-order valence-electron chi connectivity index (χ2n) is 2.00. The van der Waals surface area contributed by atoms with Gasteiger partial charge in [0.25, 0.3) is 0 Å². The molecule has 0 saturated heterocycles. The summed E-state index contributed by atoms with van der Waals surface area (Å²) in [4.78, 5) is 0. The predicted molar refractivity (Wildman–Crippen MR) is 73.9 cm³/mol. The molecule has 0 spiro atoms. The van der Waals surface area contributed by atoms with Crippen molar-refractivity contribution >= 4 is 74.5 Å². The number of nitrogens with one attached hydrogen (secondary N) is 1. The largest absolute Gasteiger partial charge is 0.448 e. The van der Waals surface area contributed by atoms with Crippen molar-refractivity contribution in [3.05, 3.63) is 20.1 Å². The Kier molecular flexibility index (Phi) is 6.66. The van der Waals surface area contributed by atoms with Gasteiger partial charge in [0.15, 0.2) is 8.88 Å². The molecule has 1 aromatic rings. The smallest absolute Gasteiger partial charge is 0.184 e. The number of hydrogen-bond donors (Lipinski definition) is 2. The number of thiocarbonyl (C=S) groups is 1. The Labute approximate surface area is 114 Å². The summed E-state index contributed by atoms with van der Waals surface area (Å²) in [5, 5.41) is 3.86. The Balaban J connectivity index is 0.00000169. The number of nitrogens with two attached hydrogens (primary N) is 1. The summed E-state index contributed by atoms with van der Waals surface area (Å²) in [6.45, 7) is 0. The van der Waals surface area contributed by atoms with Crippen LogP contribution in [-0.4, -0.2) is 11.3 Å². The highest BCUT2D eigenvalue weighted by molar-refractivity contribution is 14.1. The Hall–Kier alpha value is 0.140. The minimum atomic E-state index is 0. The summed E-state index contributed by atoms with van der Waals surface area (Å²) in [5.74, 6) is 0.625. The van der Waals surface area contributed by atoms with Crippen LogP contribution >= 0.6 is 63.1 Å². The van der Waals surface area contributed by atoms with Crippen LogP contribution in [0.4, 0.5) is 0 Å². The van der Waals surface area contributed by atoms with Gasteiger partial charge in [-0.1, -0.05) is 0 Å². The first-order valence-electron chi connectivity index (χ1n) is 3.13. The number of hydrogen-bond acceptors (Lipinski definition) is 3. The first-order chi connectivity index (χ1) is 6.09. The minimum absolute atomic E-state index is 0. The van der Waals surface area contributed by atoms with Gasteiger partial charge in [-0.15, -0.1) is 12.4 Å². The molecular formula is C6H6BrClIN3OS. The zero-order valence-corrected chi connectivity index (χ0v) is 12.0. The molecule has 0 aliphatic heterocycles. The Morgan fingerprint density at radius 1 is 1.79 bits per heavy atom. The normalized spacial score (nSPS) is 9.86. The summed E-state index contributed by atoms with van der Waals surface area (Å²) in [6.07, 6.45) is 1.49. The molecule has 4 nitrogen and oxygen atoms in total. The third kappa shape index (κ3) is 4.58. The van der Waals surface area contributed by atoms with E-state index >= 15 is 0 Å². The SMILES string of the molecule is Cl.NC(=S)NN=Cc1cc(Br)c(I)o1. The molecule has 0 unspecified atom stereocenters. The zero-order chi connectivity index (χ0) is 9.84. The van der Waals surface area contributed by atoms with Crippen molar-refractivity contribution in [3.8, 4) is 0 Å². The van der Waals surface area contributed by atoms with E-state index < -0.39 is 0 Å². The molecule has 0 saturated carbocycles. The molecule has 0 aliphatic rings. The molecule has 1 heterocycles. The van der Waals surface area contributed by atoms with Gasteiger partial charge < -0.3 is 10.2 Å². The molecule has 3 N–H and O–H groups in total. The van der Waals surface area contributed by atoms with Crippen LogP contribution in [0.15, 0.2) is 20.1 Å². The van der Waals surface area contributed by atoms with Gasteiger partial charge in [-0.3, -0.25) is 5.43 Å². The summed E-state index contributed by atoms with van der Waals surface area (Å²) in [6, 6.07) is 1.80. The highest BCUT2D eigenvalue weighted by Crippen LogP contribution is 2.21. The van der Waals surface area contributed by atoms with Crippen molar-refractivity contribution in [2.75, 3.05) is 0 Å². The van der Waals surface area contributed by atoms with E-state index in [1.807, 2.05) is 0 Å². The lowest BCUT2D eigenvalue weighted by Gasteiger charge is -1.91. The fraction of sp³-hybridized carbons (Fsp3) is 0. The number of hydrazone groups is 1. The van der Waals surface area contributed by atoms with Gasteiger partial charge in [0, 0.05) is 28.7 Å². The van der Waals surface area contributed by atoms with Crippen LogP contribution in [-0.2, 0) is 0 Å². The van der Waals surface area contributed by atoms with E-state index in [1.54, 1.807) is 6.07 Å². The third-order valence-electron chi connectivity index (χ3n) is 1.03. The van der Waals surface area contributed by atoms with Crippen molar-refractivity contribution in [1.29, 1.82) is 0 Å². The van der Waals surface area contributed by atoms with Crippen molar-refractivity contribution in [2.45, 2.75) is 0 Å². The first kappa shape index (κ1) is 14.1. The van der Waals surface area contributed by atoms with Crippen molar-refractivity contribution in [3.63, 3.8) is 0 Å². The highest BCUT2D eigenvalue weighted by atomic mass is 127. The molecule has 14 heavy (non-hydrogen) atoms. The van der Waals surface area contributed by atoms with Crippen molar-refractivity contribution in [2.24, 2.45) is 10.8 Å². The minimum Gasteiger partial charge on any atom is -0.448 e. The van der Waals surface area contributed by atoms with Gasteiger partial charge in [0.1, 0.15) is 5.76 Å². The standard InChI is InChI=1S/C6H5BrIN3OS.ClH/c7-4-1-3(12-5(4)8)2-10-11-6(9)13;/h1-2H,(H3,9,11,13);1H. The van der Waals surface area contributed by atoms with Crippen LogP contribution in [0.1, 0.15) is 5.76 Å². The maximum atomic E-state index is 5.26. The summed E-state index contributed by atoms with van der Waals surface area (Å²) in [5.41, 5.74) is 7.58. The van der Waals surface area contributed by atoms with E-state index in [0.717, 1.165) is 8.24 Å². The first-order valence-corrected chi connectivity index (χ1v) is 5.41. The average molecular weight is 410 g/mol. The number of nitrogens with zero attached hydrogens (tertiary/aromatic N) is 1. The van der Waals surface area contributed by atoms with E-state index in [9.17, 15) is 0 Å². The van der Waals surface area contributed by atoms with Crippen LogP contribution < -0.4 is 11.2 Å². The van der Waals surface area contributed by atoms with Crippen molar-refractivity contribution in [1.82, 2.24) is 5.43 Å². The summed E-state index contributed by atoms with van der Waals surface area (Å²) < 4.78 is 6.93. The predicted octanol–water partition coefficient (Wildman–Crippen LogP) is 2.24. The van der Waals surface area contributed by atoms with Gasteiger partial charge in [-0.25, -0.2) is 0 Å². The van der Waals surface area contributed by atoms with Gasteiger partial charge in [0.05, 0.1) is 10.7 Å². The Bertz CT molecular complexity index is 337. The topological polar surface area (TPSA) is 63.5 Å². The molecule has 0 radical (unpaired) electrons. The Morgan fingerprint density at radius 2 is 2.43 bits per heavy atom. The summed E-state index contributed by atoms with van der Waals surface area (Å²) in [7, 11) is 0. The molecule has 0 aromatic carbocycles. The highest BCUT2D eigenvalue weighted by Gasteiger charge is 2.02. The molecule has 1 aromatic heterocycles. The van der Waals surface area contributed by atoms with Gasteiger partial charge in [0.2, 0.25) is 0 Å². The lowest BCUT2D eigenvalue weighted by atomic mass is 10.5. The molecule has 0 aliphatic carbocycles. The monoisotopic (exact) mass is 409 g/mol. The second kappa shape index (κ2) is 6.59. The lowest BCUT2D eigenvalue weighted by molar-refractivity contribution is 0.529. The zero-order valence-electron chi connectivity index (χ0n) is 6.66. The molecule has 0 atom stereocenters. The summed E-state index contributed by atoms with van der Waals surface area (Å²) >= 11 is 9.92. The number of rotatable bonds is 2.